The molecule has 0 bridgehead atoms. The van der Waals surface area contributed by atoms with Gasteiger partial charge in [-0.25, -0.2) is 4.98 Å². The molecule has 2 aromatic heterocycles. The third-order valence-corrected chi connectivity index (χ3v) is 6.79. The lowest BCUT2D eigenvalue weighted by Crippen LogP contribution is -2.51. The van der Waals surface area contributed by atoms with E-state index < -0.39 is 12.0 Å². The zero-order chi connectivity index (χ0) is 28.2. The number of aliphatic hydroxyl groups excluding tert-OH is 1. The molecule has 1 saturated heterocycles. The predicted molar refractivity (Wildman–Crippen MR) is 148 cm³/mol. The number of rotatable bonds is 7. The number of piperazine rings is 1. The normalized spacial score (nSPS) is 14.2. The summed E-state index contributed by atoms with van der Waals surface area (Å²) in [6.45, 7) is 3.46. The van der Waals surface area contributed by atoms with Crippen molar-refractivity contribution in [2.75, 3.05) is 38.6 Å². The number of carbonyl (C=O) groups is 3. The third-order valence-electron chi connectivity index (χ3n) is 6.79. The molecule has 40 heavy (non-hydrogen) atoms. The number of methoxy groups -OCH3 is 1. The summed E-state index contributed by atoms with van der Waals surface area (Å²) < 4.78 is 7.03. The number of amides is 3. The largest absolute Gasteiger partial charge is 0.494 e. The fourth-order valence-corrected chi connectivity index (χ4v) is 4.61. The number of aromatic nitrogens is 3. The summed E-state index contributed by atoms with van der Waals surface area (Å²) in [5, 5.41) is 17.8. The Kier molecular flexibility index (Phi) is 7.74. The minimum atomic E-state index is -0.798. The van der Waals surface area contributed by atoms with Crippen LogP contribution in [0.2, 0.25) is 0 Å². The number of carbonyl (C=O) groups excluding carboxylic acids is 3. The van der Waals surface area contributed by atoms with Crippen molar-refractivity contribution in [3.63, 3.8) is 0 Å². The van der Waals surface area contributed by atoms with Crippen LogP contribution in [0.25, 0.3) is 10.9 Å². The van der Waals surface area contributed by atoms with E-state index in [2.05, 4.69) is 15.4 Å². The van der Waals surface area contributed by atoms with Crippen LogP contribution in [0.3, 0.4) is 0 Å². The van der Waals surface area contributed by atoms with E-state index in [1.165, 1.54) is 7.11 Å². The lowest BCUT2D eigenvalue weighted by Gasteiger charge is -2.34. The minimum Gasteiger partial charge on any atom is -0.494 e. The Hall–Kier alpha value is -4.77. The molecule has 1 unspecified atom stereocenters. The first-order valence-electron chi connectivity index (χ1n) is 13.0. The van der Waals surface area contributed by atoms with E-state index in [1.807, 2.05) is 18.2 Å². The maximum absolute atomic E-state index is 13.0. The second-order valence-corrected chi connectivity index (χ2v) is 9.55. The van der Waals surface area contributed by atoms with Gasteiger partial charge in [-0.2, -0.15) is 5.10 Å². The van der Waals surface area contributed by atoms with Gasteiger partial charge in [-0.3, -0.25) is 19.1 Å². The van der Waals surface area contributed by atoms with Gasteiger partial charge < -0.3 is 25.0 Å². The molecule has 206 valence electrons. The number of hydrogen-bond donors (Lipinski definition) is 2. The molecule has 11 heteroatoms. The molecule has 0 aliphatic carbocycles. The van der Waals surface area contributed by atoms with Gasteiger partial charge in [0.2, 0.25) is 5.91 Å². The van der Waals surface area contributed by atoms with Crippen LogP contribution >= 0.6 is 0 Å². The summed E-state index contributed by atoms with van der Waals surface area (Å²) in [4.78, 5) is 46.3. The highest BCUT2D eigenvalue weighted by Gasteiger charge is 2.25. The molecule has 4 aromatic rings. The van der Waals surface area contributed by atoms with Crippen molar-refractivity contribution in [2.45, 2.75) is 19.6 Å². The van der Waals surface area contributed by atoms with Gasteiger partial charge in [-0.15, -0.1) is 0 Å². The monoisotopic (exact) mass is 542 g/mol. The molecule has 0 radical (unpaired) electrons. The number of anilines is 1. The molecule has 3 amide bonds. The van der Waals surface area contributed by atoms with Gasteiger partial charge in [0.15, 0.2) is 0 Å². The zero-order valence-corrected chi connectivity index (χ0v) is 22.3. The van der Waals surface area contributed by atoms with Crippen molar-refractivity contribution in [1.82, 2.24) is 24.6 Å². The molecular weight excluding hydrogens is 512 g/mol. The first-order chi connectivity index (χ1) is 19.3. The number of ether oxygens (including phenoxy) is 1. The van der Waals surface area contributed by atoms with Gasteiger partial charge in [0.25, 0.3) is 11.8 Å². The van der Waals surface area contributed by atoms with Crippen molar-refractivity contribution < 1.29 is 24.2 Å². The molecule has 1 atom stereocenters. The van der Waals surface area contributed by atoms with Gasteiger partial charge in [0.1, 0.15) is 18.0 Å². The standard InChI is InChI=1S/C29H30N6O5/c1-19(36)22-9-6-10-23(30-22)28(38)31-25-15-21-17-35(32-24(21)16-26(25)40-2)18-27(37)33-11-13-34(14-12-33)29(39)20-7-4-3-5-8-20/h3-10,15-17,19,36H,11-14,18H2,1-2H3,(H,31,38). The van der Waals surface area contributed by atoms with Gasteiger partial charge in [-0.05, 0) is 37.3 Å². The Balaban J connectivity index is 1.24. The van der Waals surface area contributed by atoms with Crippen LogP contribution in [-0.2, 0) is 11.3 Å². The lowest BCUT2D eigenvalue weighted by atomic mass is 10.2. The molecular formula is C29H30N6O5. The van der Waals surface area contributed by atoms with E-state index in [-0.39, 0.29) is 24.1 Å². The number of nitrogens with one attached hydrogen (secondary N) is 1. The maximum atomic E-state index is 13.0. The number of hydrogen-bond acceptors (Lipinski definition) is 7. The highest BCUT2D eigenvalue weighted by atomic mass is 16.5. The van der Waals surface area contributed by atoms with E-state index in [9.17, 15) is 19.5 Å². The molecule has 1 aliphatic rings. The van der Waals surface area contributed by atoms with E-state index >= 15 is 0 Å². The van der Waals surface area contributed by atoms with Crippen LogP contribution in [-0.4, -0.2) is 80.7 Å². The number of pyridine rings is 1. The van der Waals surface area contributed by atoms with Crippen LogP contribution in [0, 0.1) is 0 Å². The van der Waals surface area contributed by atoms with Crippen molar-refractivity contribution in [3.8, 4) is 5.75 Å². The molecule has 0 saturated carbocycles. The molecule has 2 aromatic carbocycles. The van der Waals surface area contributed by atoms with Crippen LogP contribution in [0.15, 0.2) is 66.9 Å². The second kappa shape index (κ2) is 11.5. The quantitative estimate of drug-likeness (QED) is 0.367. The Morgan fingerprint density at radius 2 is 1.73 bits per heavy atom. The predicted octanol–water partition coefficient (Wildman–Crippen LogP) is 2.73. The maximum Gasteiger partial charge on any atom is 0.274 e. The van der Waals surface area contributed by atoms with Crippen LogP contribution in [0.1, 0.15) is 39.6 Å². The summed E-state index contributed by atoms with van der Waals surface area (Å²) in [6.07, 6.45) is 0.942. The van der Waals surface area contributed by atoms with Crippen LogP contribution in [0.5, 0.6) is 5.75 Å². The summed E-state index contributed by atoms with van der Waals surface area (Å²) in [5.74, 6) is -0.172. The lowest BCUT2D eigenvalue weighted by molar-refractivity contribution is -0.133. The molecule has 1 fully saturated rings. The van der Waals surface area contributed by atoms with Crippen molar-refractivity contribution in [1.29, 1.82) is 0 Å². The topological polar surface area (TPSA) is 130 Å². The van der Waals surface area contributed by atoms with E-state index in [0.29, 0.717) is 59.8 Å². The fraction of sp³-hybridized carbons (Fsp3) is 0.276. The molecule has 5 rings (SSSR count). The second-order valence-electron chi connectivity index (χ2n) is 9.55. The van der Waals surface area contributed by atoms with Gasteiger partial charge in [0.05, 0.1) is 30.1 Å². The fourth-order valence-electron chi connectivity index (χ4n) is 4.61. The minimum absolute atomic E-state index is 0.0330. The Morgan fingerprint density at radius 1 is 1.00 bits per heavy atom. The number of aliphatic hydroxyl groups is 1. The number of nitrogens with zero attached hydrogens (tertiary/aromatic N) is 5. The summed E-state index contributed by atoms with van der Waals surface area (Å²) >= 11 is 0. The highest BCUT2D eigenvalue weighted by molar-refractivity contribution is 6.05. The Labute approximate surface area is 231 Å². The average molecular weight is 543 g/mol. The molecule has 0 spiro atoms. The van der Waals surface area contributed by atoms with Crippen molar-refractivity contribution in [2.24, 2.45) is 0 Å². The van der Waals surface area contributed by atoms with Gasteiger partial charge in [-0.1, -0.05) is 24.3 Å². The average Bonchev–Trinajstić information content (AvgIpc) is 3.37. The third kappa shape index (κ3) is 5.79. The first-order valence-corrected chi connectivity index (χ1v) is 13.0. The summed E-state index contributed by atoms with van der Waals surface area (Å²) in [5.41, 5.74) is 2.23. The van der Waals surface area contributed by atoms with Crippen LogP contribution < -0.4 is 10.1 Å². The summed E-state index contributed by atoms with van der Waals surface area (Å²) in [6, 6.07) is 17.4. The van der Waals surface area contributed by atoms with Gasteiger partial charge >= 0.3 is 0 Å². The van der Waals surface area contributed by atoms with Crippen LogP contribution in [0.4, 0.5) is 5.69 Å². The van der Waals surface area contributed by atoms with E-state index in [0.717, 1.165) is 0 Å². The highest BCUT2D eigenvalue weighted by Crippen LogP contribution is 2.30. The number of fused-ring (bicyclic) bond motifs is 1. The SMILES string of the molecule is COc1cc2nn(CC(=O)N3CCN(C(=O)c4ccccc4)CC3)cc2cc1NC(=O)c1cccc(C(C)O)n1. The molecule has 3 heterocycles. The zero-order valence-electron chi connectivity index (χ0n) is 22.3. The number of benzene rings is 2. The first kappa shape index (κ1) is 26.8. The van der Waals surface area contributed by atoms with E-state index in [1.54, 1.807) is 70.1 Å². The van der Waals surface area contributed by atoms with Crippen molar-refractivity contribution >= 4 is 34.3 Å². The van der Waals surface area contributed by atoms with Crippen molar-refractivity contribution in [3.05, 3.63) is 83.8 Å². The Bertz CT molecular complexity index is 1540. The summed E-state index contributed by atoms with van der Waals surface area (Å²) in [7, 11) is 1.49. The van der Waals surface area contributed by atoms with Gasteiger partial charge in [0, 0.05) is 49.4 Å². The Morgan fingerprint density at radius 3 is 2.42 bits per heavy atom. The van der Waals surface area contributed by atoms with E-state index in [4.69, 9.17) is 4.74 Å². The smallest absolute Gasteiger partial charge is 0.274 e. The molecule has 1 aliphatic heterocycles. The molecule has 11 nitrogen and oxygen atoms in total. The molecule has 2 N–H and O–H groups in total.